The number of rotatable bonds is 0. The molecule has 23 heavy (non-hydrogen) atoms. The van der Waals surface area contributed by atoms with E-state index in [1.165, 1.54) is 0 Å². The van der Waals surface area contributed by atoms with Crippen molar-refractivity contribution in [2.75, 3.05) is 0 Å². The van der Waals surface area contributed by atoms with Crippen LogP contribution in [0.3, 0.4) is 0 Å². The van der Waals surface area contributed by atoms with Crippen LogP contribution >= 0.6 is 11.8 Å². The van der Waals surface area contributed by atoms with Gasteiger partial charge in [-0.05, 0) is 34.0 Å². The number of imide groups is 1. The second-order valence-corrected chi connectivity index (χ2v) is 6.86. The minimum absolute atomic E-state index is 0.240. The number of carbonyl (C=O) groups is 2. The highest BCUT2D eigenvalue weighted by molar-refractivity contribution is 7.99. The SMILES string of the molecule is O=C1NC(=O)C2c3ccccc3Sc3cc1c1ccccc1c32. The number of amides is 2. The van der Waals surface area contributed by atoms with Gasteiger partial charge in [0, 0.05) is 15.4 Å². The van der Waals surface area contributed by atoms with Crippen LogP contribution in [-0.4, -0.2) is 11.8 Å². The molecule has 0 saturated carbocycles. The molecule has 3 aliphatic rings. The van der Waals surface area contributed by atoms with E-state index in [-0.39, 0.29) is 11.8 Å². The summed E-state index contributed by atoms with van der Waals surface area (Å²) in [5, 5.41) is 4.46. The van der Waals surface area contributed by atoms with Gasteiger partial charge in [-0.25, -0.2) is 0 Å². The van der Waals surface area contributed by atoms with Gasteiger partial charge in [0.25, 0.3) is 5.91 Å². The fourth-order valence-corrected chi connectivity index (χ4v) is 4.75. The molecule has 3 aliphatic heterocycles. The molecule has 0 radical (unpaired) electrons. The Hall–Kier alpha value is -2.59. The number of fused-ring (bicyclic) bond motifs is 3. The van der Waals surface area contributed by atoms with Crippen LogP contribution in [0, 0.1) is 0 Å². The van der Waals surface area contributed by atoms with Crippen molar-refractivity contribution in [2.45, 2.75) is 15.7 Å². The van der Waals surface area contributed by atoms with Gasteiger partial charge in [-0.3, -0.25) is 14.9 Å². The molecular weight excluding hydrogens is 306 g/mol. The monoisotopic (exact) mass is 317 g/mol. The molecule has 0 fully saturated rings. The predicted octanol–water partition coefficient (Wildman–Crippen LogP) is 3.71. The van der Waals surface area contributed by atoms with E-state index in [2.05, 4.69) is 5.32 Å². The van der Waals surface area contributed by atoms with Crippen molar-refractivity contribution < 1.29 is 9.59 Å². The third-order valence-electron chi connectivity index (χ3n) is 4.53. The number of carbonyl (C=O) groups excluding carboxylic acids is 2. The van der Waals surface area contributed by atoms with Gasteiger partial charge in [0.05, 0.1) is 5.92 Å². The largest absolute Gasteiger partial charge is 0.291 e. The summed E-state index contributed by atoms with van der Waals surface area (Å²) in [5.41, 5.74) is 2.55. The lowest BCUT2D eigenvalue weighted by Gasteiger charge is -2.31. The molecule has 0 saturated heterocycles. The lowest BCUT2D eigenvalue weighted by Crippen LogP contribution is -2.38. The molecule has 1 atom stereocenters. The minimum atomic E-state index is -0.439. The second-order valence-electron chi connectivity index (χ2n) is 5.77. The van der Waals surface area contributed by atoms with E-state index in [1.807, 2.05) is 54.6 Å². The van der Waals surface area contributed by atoms with E-state index in [0.717, 1.165) is 31.7 Å². The first-order valence-electron chi connectivity index (χ1n) is 7.41. The first kappa shape index (κ1) is 12.9. The molecule has 2 amide bonds. The molecule has 3 aromatic rings. The van der Waals surface area contributed by atoms with Crippen LogP contribution < -0.4 is 5.32 Å². The third-order valence-corrected chi connectivity index (χ3v) is 5.68. The topological polar surface area (TPSA) is 46.2 Å². The Kier molecular flexibility index (Phi) is 2.50. The van der Waals surface area contributed by atoms with Gasteiger partial charge < -0.3 is 0 Å². The summed E-state index contributed by atoms with van der Waals surface area (Å²) in [6.07, 6.45) is 0. The number of nitrogens with one attached hydrogen (secondary N) is 1. The Morgan fingerprint density at radius 3 is 2.48 bits per heavy atom. The highest BCUT2D eigenvalue weighted by Crippen LogP contribution is 2.49. The van der Waals surface area contributed by atoms with Crippen LogP contribution in [0.1, 0.15) is 27.4 Å². The Bertz CT molecular complexity index is 1030. The standard InChI is InChI=1S/C19H11NO2S/c21-18-13-9-15-16(11-6-2-1-5-10(11)13)17(19(22)20-18)12-7-3-4-8-14(12)23-15/h1-9,17H,(H,20,21,22). The molecular formula is C19H11NO2S. The van der Waals surface area contributed by atoms with Gasteiger partial charge in [0.15, 0.2) is 0 Å². The second kappa shape index (κ2) is 4.46. The normalized spacial score (nSPS) is 18.3. The van der Waals surface area contributed by atoms with Crippen LogP contribution in [0.4, 0.5) is 0 Å². The Balaban J connectivity index is 1.97. The summed E-state index contributed by atoms with van der Waals surface area (Å²) in [4.78, 5) is 27.3. The fourth-order valence-electron chi connectivity index (χ4n) is 3.55. The molecule has 3 aromatic carbocycles. The average molecular weight is 317 g/mol. The van der Waals surface area contributed by atoms with Crippen molar-refractivity contribution in [3.63, 3.8) is 0 Å². The number of hydrogen-bond acceptors (Lipinski definition) is 3. The Morgan fingerprint density at radius 1 is 0.870 bits per heavy atom. The maximum atomic E-state index is 12.7. The zero-order valence-corrected chi connectivity index (χ0v) is 12.8. The van der Waals surface area contributed by atoms with Crippen molar-refractivity contribution in [1.82, 2.24) is 5.32 Å². The lowest BCUT2D eigenvalue weighted by molar-refractivity contribution is -0.120. The minimum Gasteiger partial charge on any atom is -0.291 e. The molecule has 3 nitrogen and oxygen atoms in total. The van der Waals surface area contributed by atoms with Gasteiger partial charge in [-0.15, -0.1) is 0 Å². The Labute approximate surface area is 136 Å². The van der Waals surface area contributed by atoms with Crippen LogP contribution in [0.5, 0.6) is 0 Å². The quantitative estimate of drug-likeness (QED) is 0.643. The molecule has 3 heterocycles. The predicted molar refractivity (Wildman–Crippen MR) is 88.8 cm³/mol. The molecule has 110 valence electrons. The maximum absolute atomic E-state index is 12.7. The summed E-state index contributed by atoms with van der Waals surface area (Å²) in [5.74, 6) is -0.996. The number of benzene rings is 3. The van der Waals surface area contributed by atoms with Crippen molar-refractivity contribution in [3.05, 3.63) is 71.3 Å². The lowest BCUT2D eigenvalue weighted by atomic mass is 9.83. The van der Waals surface area contributed by atoms with Crippen LogP contribution in [0.2, 0.25) is 0 Å². The molecule has 0 aromatic heterocycles. The van der Waals surface area contributed by atoms with Gasteiger partial charge in [-0.1, -0.05) is 54.2 Å². The molecule has 1 unspecified atom stereocenters. The van der Waals surface area contributed by atoms with Crippen LogP contribution in [-0.2, 0) is 4.79 Å². The van der Waals surface area contributed by atoms with E-state index < -0.39 is 5.92 Å². The van der Waals surface area contributed by atoms with E-state index >= 15 is 0 Å². The zero-order chi connectivity index (χ0) is 15.6. The van der Waals surface area contributed by atoms with E-state index in [9.17, 15) is 9.59 Å². The fraction of sp³-hybridized carbons (Fsp3) is 0.0526. The zero-order valence-electron chi connectivity index (χ0n) is 12.0. The average Bonchev–Trinajstić information content (AvgIpc) is 2.58. The Morgan fingerprint density at radius 2 is 1.61 bits per heavy atom. The van der Waals surface area contributed by atoms with Gasteiger partial charge in [0.2, 0.25) is 5.91 Å². The van der Waals surface area contributed by atoms with Gasteiger partial charge in [0.1, 0.15) is 0 Å². The third kappa shape index (κ3) is 1.67. The van der Waals surface area contributed by atoms with Gasteiger partial charge >= 0.3 is 0 Å². The summed E-state index contributed by atoms with van der Waals surface area (Å²) in [6, 6.07) is 17.7. The molecule has 4 bridgehead atoms. The van der Waals surface area contributed by atoms with Crippen LogP contribution in [0.15, 0.2) is 64.4 Å². The molecule has 1 N–H and O–H groups in total. The highest BCUT2D eigenvalue weighted by atomic mass is 32.2. The van der Waals surface area contributed by atoms with Crippen molar-refractivity contribution in [3.8, 4) is 0 Å². The van der Waals surface area contributed by atoms with Crippen LogP contribution in [0.25, 0.3) is 10.8 Å². The van der Waals surface area contributed by atoms with Gasteiger partial charge in [-0.2, -0.15) is 0 Å². The number of hydrogen-bond donors (Lipinski definition) is 1. The van der Waals surface area contributed by atoms with E-state index in [4.69, 9.17) is 0 Å². The molecule has 0 spiro atoms. The first-order valence-corrected chi connectivity index (χ1v) is 8.23. The molecule has 0 aliphatic carbocycles. The maximum Gasteiger partial charge on any atom is 0.258 e. The van der Waals surface area contributed by atoms with Crippen molar-refractivity contribution >= 4 is 34.3 Å². The summed E-state index contributed by atoms with van der Waals surface area (Å²) in [7, 11) is 0. The molecule has 6 rings (SSSR count). The van der Waals surface area contributed by atoms with E-state index in [0.29, 0.717) is 5.56 Å². The van der Waals surface area contributed by atoms with Crippen molar-refractivity contribution in [2.24, 2.45) is 0 Å². The van der Waals surface area contributed by atoms with E-state index in [1.54, 1.807) is 11.8 Å². The summed E-state index contributed by atoms with van der Waals surface area (Å²) >= 11 is 1.64. The smallest absolute Gasteiger partial charge is 0.258 e. The first-order chi connectivity index (χ1) is 11.2. The molecule has 4 heteroatoms. The van der Waals surface area contributed by atoms with Crippen molar-refractivity contribution in [1.29, 1.82) is 0 Å². The highest BCUT2D eigenvalue weighted by Gasteiger charge is 2.37. The summed E-state index contributed by atoms with van der Waals surface area (Å²) in [6.45, 7) is 0. The summed E-state index contributed by atoms with van der Waals surface area (Å²) < 4.78 is 0.